The van der Waals surface area contributed by atoms with Crippen molar-refractivity contribution < 1.29 is 13.2 Å². The number of alkyl halides is 3. The Balaban J connectivity index is 1.69. The number of aliphatic imine (C=N–C) groups is 2. The molecule has 2 aliphatic rings. The van der Waals surface area contributed by atoms with Crippen LogP contribution in [0.3, 0.4) is 0 Å². The zero-order chi connectivity index (χ0) is 26.4. The second kappa shape index (κ2) is 11.5. The Kier molecular flexibility index (Phi) is 8.17. The summed E-state index contributed by atoms with van der Waals surface area (Å²) >= 11 is 0. The highest BCUT2D eigenvalue weighted by atomic mass is 19.4. The Hall–Kier alpha value is -3.80. The van der Waals surface area contributed by atoms with E-state index in [9.17, 15) is 13.2 Å². The number of halogens is 3. The quantitative estimate of drug-likeness (QED) is 0.317. The molecule has 1 saturated carbocycles. The predicted octanol–water partition coefficient (Wildman–Crippen LogP) is 3.59. The molecule has 12 heteroatoms. The van der Waals surface area contributed by atoms with Gasteiger partial charge >= 0.3 is 6.18 Å². The van der Waals surface area contributed by atoms with Crippen LogP contribution in [0.5, 0.6) is 0 Å². The van der Waals surface area contributed by atoms with E-state index in [4.69, 9.17) is 10.4 Å². The van der Waals surface area contributed by atoms with Gasteiger partial charge in [-0.25, -0.2) is 4.98 Å². The van der Waals surface area contributed by atoms with Gasteiger partial charge in [0.25, 0.3) is 0 Å². The molecule has 9 nitrogen and oxygen atoms in total. The SMILES string of the molecule is C=Nc1cncc(C2CC2)c1/C(=N\Cc1ccnc(NC(=N)/C=C\NC)c1)N1CCNC(C(F)(F)F)C1. The van der Waals surface area contributed by atoms with Gasteiger partial charge in [-0.2, -0.15) is 13.2 Å². The summed E-state index contributed by atoms with van der Waals surface area (Å²) in [5.74, 6) is 1.35. The number of nitrogens with zero attached hydrogens (tertiary/aromatic N) is 5. The first-order valence-corrected chi connectivity index (χ1v) is 12.0. The summed E-state index contributed by atoms with van der Waals surface area (Å²) < 4.78 is 40.8. The lowest BCUT2D eigenvalue weighted by atomic mass is 10.0. The van der Waals surface area contributed by atoms with Crippen LogP contribution in [0.4, 0.5) is 24.7 Å². The van der Waals surface area contributed by atoms with Crippen LogP contribution >= 0.6 is 0 Å². The molecule has 196 valence electrons. The number of hydrogen-bond donors (Lipinski definition) is 4. The predicted molar refractivity (Wildman–Crippen MR) is 139 cm³/mol. The van der Waals surface area contributed by atoms with Crippen LogP contribution in [0.25, 0.3) is 0 Å². The van der Waals surface area contributed by atoms with Crippen LogP contribution in [-0.2, 0) is 6.54 Å². The summed E-state index contributed by atoms with van der Waals surface area (Å²) in [5, 5.41) is 16.3. The van der Waals surface area contributed by atoms with Crippen LogP contribution in [0.1, 0.15) is 35.4 Å². The van der Waals surface area contributed by atoms with Gasteiger partial charge in [0.2, 0.25) is 0 Å². The molecule has 1 atom stereocenters. The van der Waals surface area contributed by atoms with E-state index in [0.29, 0.717) is 29.4 Å². The number of pyridine rings is 2. The van der Waals surface area contributed by atoms with E-state index < -0.39 is 12.2 Å². The molecule has 37 heavy (non-hydrogen) atoms. The van der Waals surface area contributed by atoms with Crippen molar-refractivity contribution in [2.24, 2.45) is 9.98 Å². The molecule has 0 spiro atoms. The molecular formula is C25H30F3N9. The summed E-state index contributed by atoms with van der Waals surface area (Å²) in [6.07, 6.45) is 5.72. The lowest BCUT2D eigenvalue weighted by molar-refractivity contribution is -0.161. The summed E-state index contributed by atoms with van der Waals surface area (Å²) in [6.45, 7) is 4.16. The maximum Gasteiger partial charge on any atom is 0.405 e. The van der Waals surface area contributed by atoms with Crippen molar-refractivity contribution in [3.8, 4) is 0 Å². The normalized spacial score (nSPS) is 18.6. The van der Waals surface area contributed by atoms with Crippen LogP contribution in [0.15, 0.2) is 53.0 Å². The van der Waals surface area contributed by atoms with Gasteiger partial charge in [-0.15, -0.1) is 0 Å². The van der Waals surface area contributed by atoms with E-state index in [1.807, 2.05) is 0 Å². The molecule has 0 aromatic carbocycles. The lowest BCUT2D eigenvalue weighted by Crippen LogP contribution is -2.58. The average molecular weight is 514 g/mol. The smallest absolute Gasteiger partial charge is 0.394 e. The van der Waals surface area contributed by atoms with Crippen LogP contribution < -0.4 is 16.0 Å². The molecule has 4 rings (SSSR count). The summed E-state index contributed by atoms with van der Waals surface area (Å²) in [6, 6.07) is 1.89. The Bertz CT molecular complexity index is 1190. The first-order chi connectivity index (χ1) is 17.8. The highest BCUT2D eigenvalue weighted by molar-refractivity contribution is 6.04. The average Bonchev–Trinajstić information content (AvgIpc) is 3.73. The fourth-order valence-corrected chi connectivity index (χ4v) is 4.18. The van der Waals surface area contributed by atoms with Gasteiger partial charge in [-0.05, 0) is 61.0 Å². The van der Waals surface area contributed by atoms with Crippen molar-refractivity contribution in [1.82, 2.24) is 25.5 Å². The standard InChI is InChI=1S/C25H30F3N9/c1-30-7-6-21(29)36-22-11-16(5-8-34-22)12-35-24(37-10-9-33-20(15-37)25(26,27)28)23-18(17-3-4-17)13-32-14-19(23)31-2/h5-8,11,13-14,17,20,30,33H,2-4,9-10,12,15H2,1H3,(H2,29,34,36)/b7-6-,35-24+. The number of nitrogens with one attached hydrogen (secondary N) is 4. The van der Waals surface area contributed by atoms with Gasteiger partial charge in [0.05, 0.1) is 18.4 Å². The third kappa shape index (κ3) is 6.70. The molecule has 1 aliphatic heterocycles. The first-order valence-electron chi connectivity index (χ1n) is 12.0. The highest BCUT2D eigenvalue weighted by Gasteiger charge is 2.43. The number of anilines is 1. The molecule has 4 N–H and O–H groups in total. The summed E-state index contributed by atoms with van der Waals surface area (Å²) in [4.78, 5) is 19.2. The minimum Gasteiger partial charge on any atom is -0.394 e. The molecule has 0 radical (unpaired) electrons. The second-order valence-electron chi connectivity index (χ2n) is 8.90. The Morgan fingerprint density at radius 1 is 1.35 bits per heavy atom. The van der Waals surface area contributed by atoms with Crippen molar-refractivity contribution in [2.75, 3.05) is 32.0 Å². The molecule has 2 aromatic rings. The Labute approximate surface area is 213 Å². The minimum absolute atomic E-state index is 0.148. The zero-order valence-corrected chi connectivity index (χ0v) is 20.5. The summed E-state index contributed by atoms with van der Waals surface area (Å²) in [5.41, 5.74) is 2.93. The van der Waals surface area contributed by atoms with Crippen molar-refractivity contribution in [1.29, 1.82) is 5.41 Å². The van der Waals surface area contributed by atoms with Gasteiger partial charge in [-0.1, -0.05) is 0 Å². The number of hydrogen-bond acceptors (Lipinski definition) is 7. The molecule has 1 saturated heterocycles. The monoisotopic (exact) mass is 513 g/mol. The van der Waals surface area contributed by atoms with Gasteiger partial charge < -0.3 is 20.9 Å². The number of piperazine rings is 1. The molecule has 1 unspecified atom stereocenters. The van der Waals surface area contributed by atoms with Crippen LogP contribution in [0, 0.1) is 5.41 Å². The van der Waals surface area contributed by atoms with Crippen molar-refractivity contribution in [3.05, 3.63) is 59.7 Å². The van der Waals surface area contributed by atoms with Gasteiger partial charge in [0, 0.05) is 44.6 Å². The fraction of sp³-hybridized carbons (Fsp3) is 0.400. The van der Waals surface area contributed by atoms with E-state index in [-0.39, 0.29) is 31.4 Å². The molecule has 0 bridgehead atoms. The highest BCUT2D eigenvalue weighted by Crippen LogP contribution is 2.44. The maximum absolute atomic E-state index is 13.6. The lowest BCUT2D eigenvalue weighted by Gasteiger charge is -2.37. The molecule has 3 heterocycles. The fourth-order valence-electron chi connectivity index (χ4n) is 4.18. The van der Waals surface area contributed by atoms with Crippen LogP contribution in [0.2, 0.25) is 0 Å². The minimum atomic E-state index is -4.38. The molecule has 2 fully saturated rings. The van der Waals surface area contributed by atoms with E-state index in [0.717, 1.165) is 24.0 Å². The topological polar surface area (TPSA) is 114 Å². The van der Waals surface area contributed by atoms with E-state index in [2.05, 4.69) is 37.6 Å². The third-order valence-corrected chi connectivity index (χ3v) is 6.15. The van der Waals surface area contributed by atoms with Gasteiger partial charge in [-0.3, -0.25) is 20.4 Å². The first kappa shape index (κ1) is 26.3. The van der Waals surface area contributed by atoms with Crippen molar-refractivity contribution in [2.45, 2.75) is 37.5 Å². The maximum atomic E-state index is 13.6. The van der Waals surface area contributed by atoms with E-state index in [1.54, 1.807) is 54.9 Å². The Morgan fingerprint density at radius 2 is 2.16 bits per heavy atom. The Morgan fingerprint density at radius 3 is 2.86 bits per heavy atom. The van der Waals surface area contributed by atoms with Gasteiger partial charge in [0.15, 0.2) is 0 Å². The van der Waals surface area contributed by atoms with Crippen molar-refractivity contribution in [3.63, 3.8) is 0 Å². The van der Waals surface area contributed by atoms with Crippen LogP contribution in [-0.4, -0.2) is 72.2 Å². The zero-order valence-electron chi connectivity index (χ0n) is 20.5. The van der Waals surface area contributed by atoms with Crippen molar-refractivity contribution >= 4 is 29.9 Å². The molecule has 2 aromatic heterocycles. The van der Waals surface area contributed by atoms with Gasteiger partial charge in [0.1, 0.15) is 23.5 Å². The van der Waals surface area contributed by atoms with E-state index >= 15 is 0 Å². The number of aromatic nitrogens is 2. The molecule has 0 amide bonds. The third-order valence-electron chi connectivity index (χ3n) is 6.15. The largest absolute Gasteiger partial charge is 0.405 e. The molecular weight excluding hydrogens is 483 g/mol. The number of amidine groups is 2. The summed E-state index contributed by atoms with van der Waals surface area (Å²) in [7, 11) is 1.73. The second-order valence-corrected chi connectivity index (χ2v) is 8.90. The van der Waals surface area contributed by atoms with E-state index in [1.165, 1.54) is 0 Å². The number of rotatable bonds is 8. The molecule has 1 aliphatic carbocycles.